The van der Waals surface area contributed by atoms with Gasteiger partial charge in [-0.25, -0.2) is 9.97 Å². The number of hydrogen-bond donors (Lipinski definition) is 1. The van der Waals surface area contributed by atoms with Gasteiger partial charge in [-0.1, -0.05) is 0 Å². The van der Waals surface area contributed by atoms with E-state index in [1.54, 1.807) is 0 Å². The Labute approximate surface area is 114 Å². The molecule has 3 rings (SSSR count). The molecule has 1 aromatic rings. The summed E-state index contributed by atoms with van der Waals surface area (Å²) in [5.41, 5.74) is 0. The number of nitrogens with zero attached hydrogens (tertiary/aromatic N) is 3. The van der Waals surface area contributed by atoms with E-state index in [-0.39, 0.29) is 0 Å². The van der Waals surface area contributed by atoms with Crippen LogP contribution in [0.4, 0.5) is 5.82 Å². The Morgan fingerprint density at radius 3 is 3.05 bits per heavy atom. The SMILES string of the molecule is c1cc(N2CCOCC2)nc(C[C@@H]2CCCNC2)n1. The topological polar surface area (TPSA) is 50.3 Å². The lowest BCUT2D eigenvalue weighted by molar-refractivity contribution is 0.122. The molecule has 0 bridgehead atoms. The maximum Gasteiger partial charge on any atom is 0.132 e. The highest BCUT2D eigenvalue weighted by atomic mass is 16.5. The molecule has 2 fully saturated rings. The molecule has 0 spiro atoms. The fraction of sp³-hybridized carbons (Fsp3) is 0.714. The van der Waals surface area contributed by atoms with Crippen molar-refractivity contribution < 1.29 is 4.74 Å². The van der Waals surface area contributed by atoms with Crippen LogP contribution in [0.2, 0.25) is 0 Å². The van der Waals surface area contributed by atoms with Crippen LogP contribution in [0.15, 0.2) is 12.3 Å². The molecule has 1 atom stereocenters. The van der Waals surface area contributed by atoms with Crippen molar-refractivity contribution in [2.75, 3.05) is 44.3 Å². The van der Waals surface area contributed by atoms with Crippen molar-refractivity contribution in [1.82, 2.24) is 15.3 Å². The second kappa shape index (κ2) is 6.30. The molecule has 19 heavy (non-hydrogen) atoms. The minimum atomic E-state index is 0.689. The zero-order chi connectivity index (χ0) is 12.9. The van der Waals surface area contributed by atoms with Crippen LogP contribution in [0.5, 0.6) is 0 Å². The Kier molecular flexibility index (Phi) is 4.25. The molecular weight excluding hydrogens is 240 g/mol. The minimum absolute atomic E-state index is 0.689. The van der Waals surface area contributed by atoms with Crippen LogP contribution < -0.4 is 10.2 Å². The molecule has 104 valence electrons. The quantitative estimate of drug-likeness (QED) is 0.875. The average molecular weight is 262 g/mol. The summed E-state index contributed by atoms with van der Waals surface area (Å²) in [7, 11) is 0. The van der Waals surface area contributed by atoms with Crippen molar-refractivity contribution in [3.05, 3.63) is 18.1 Å². The van der Waals surface area contributed by atoms with Gasteiger partial charge in [0.2, 0.25) is 0 Å². The van der Waals surface area contributed by atoms with E-state index >= 15 is 0 Å². The normalized spacial score (nSPS) is 24.4. The number of anilines is 1. The summed E-state index contributed by atoms with van der Waals surface area (Å²) in [5.74, 6) is 2.73. The number of piperidine rings is 1. The Balaban J connectivity index is 1.64. The van der Waals surface area contributed by atoms with E-state index in [2.05, 4.69) is 15.2 Å². The molecule has 0 aromatic carbocycles. The number of nitrogens with one attached hydrogen (secondary N) is 1. The van der Waals surface area contributed by atoms with Crippen LogP contribution >= 0.6 is 0 Å². The third-order valence-corrected chi connectivity index (χ3v) is 3.90. The van der Waals surface area contributed by atoms with Gasteiger partial charge in [-0.3, -0.25) is 0 Å². The van der Waals surface area contributed by atoms with E-state index < -0.39 is 0 Å². The fourth-order valence-corrected chi connectivity index (χ4v) is 2.81. The molecule has 2 aliphatic rings. The highest BCUT2D eigenvalue weighted by Gasteiger charge is 2.17. The first-order valence-corrected chi connectivity index (χ1v) is 7.27. The monoisotopic (exact) mass is 262 g/mol. The van der Waals surface area contributed by atoms with Gasteiger partial charge >= 0.3 is 0 Å². The van der Waals surface area contributed by atoms with E-state index in [9.17, 15) is 0 Å². The summed E-state index contributed by atoms with van der Waals surface area (Å²) in [6, 6.07) is 2.01. The molecule has 2 saturated heterocycles. The van der Waals surface area contributed by atoms with Crippen molar-refractivity contribution in [1.29, 1.82) is 0 Å². The van der Waals surface area contributed by atoms with Gasteiger partial charge < -0.3 is 15.0 Å². The average Bonchev–Trinajstić information content (AvgIpc) is 2.49. The molecular formula is C14H22N4O. The highest BCUT2D eigenvalue weighted by Crippen LogP contribution is 2.17. The molecule has 0 unspecified atom stereocenters. The van der Waals surface area contributed by atoms with Crippen molar-refractivity contribution >= 4 is 5.82 Å². The molecule has 0 amide bonds. The van der Waals surface area contributed by atoms with Gasteiger partial charge in [0.15, 0.2) is 0 Å². The second-order valence-corrected chi connectivity index (χ2v) is 5.35. The summed E-state index contributed by atoms with van der Waals surface area (Å²) in [6.45, 7) is 5.72. The summed E-state index contributed by atoms with van der Waals surface area (Å²) in [6.07, 6.45) is 5.44. The Hall–Kier alpha value is -1.20. The highest BCUT2D eigenvalue weighted by molar-refractivity contribution is 5.37. The Bertz CT molecular complexity index is 400. The molecule has 1 N–H and O–H groups in total. The maximum absolute atomic E-state index is 5.38. The van der Waals surface area contributed by atoms with Gasteiger partial charge in [0, 0.05) is 25.7 Å². The van der Waals surface area contributed by atoms with Crippen LogP contribution in [0.3, 0.4) is 0 Å². The maximum atomic E-state index is 5.38. The third kappa shape index (κ3) is 3.42. The van der Waals surface area contributed by atoms with Crippen molar-refractivity contribution in [3.63, 3.8) is 0 Å². The first kappa shape index (κ1) is 12.8. The molecule has 2 aliphatic heterocycles. The predicted molar refractivity (Wildman–Crippen MR) is 74.4 cm³/mol. The van der Waals surface area contributed by atoms with Crippen LogP contribution in [-0.4, -0.2) is 49.4 Å². The van der Waals surface area contributed by atoms with Crippen LogP contribution in [0.1, 0.15) is 18.7 Å². The van der Waals surface area contributed by atoms with Gasteiger partial charge in [0.1, 0.15) is 11.6 Å². The van der Waals surface area contributed by atoms with Crippen molar-refractivity contribution in [2.24, 2.45) is 5.92 Å². The molecule has 5 heteroatoms. The number of aromatic nitrogens is 2. The van der Waals surface area contributed by atoms with E-state index in [0.717, 1.165) is 57.5 Å². The largest absolute Gasteiger partial charge is 0.378 e. The van der Waals surface area contributed by atoms with E-state index in [0.29, 0.717) is 5.92 Å². The summed E-state index contributed by atoms with van der Waals surface area (Å²) >= 11 is 0. The fourth-order valence-electron chi connectivity index (χ4n) is 2.81. The number of morpholine rings is 1. The van der Waals surface area contributed by atoms with Gasteiger partial charge in [0.25, 0.3) is 0 Å². The van der Waals surface area contributed by atoms with Crippen molar-refractivity contribution in [2.45, 2.75) is 19.3 Å². The Morgan fingerprint density at radius 1 is 1.37 bits per heavy atom. The smallest absolute Gasteiger partial charge is 0.132 e. The van der Waals surface area contributed by atoms with Crippen LogP contribution in [0, 0.1) is 5.92 Å². The van der Waals surface area contributed by atoms with Gasteiger partial charge in [-0.2, -0.15) is 0 Å². The summed E-state index contributed by atoms with van der Waals surface area (Å²) < 4.78 is 5.38. The van der Waals surface area contributed by atoms with E-state index in [4.69, 9.17) is 9.72 Å². The molecule has 1 aromatic heterocycles. The molecule has 0 aliphatic carbocycles. The number of hydrogen-bond acceptors (Lipinski definition) is 5. The number of ether oxygens (including phenoxy) is 1. The van der Waals surface area contributed by atoms with E-state index in [1.165, 1.54) is 12.8 Å². The lowest BCUT2D eigenvalue weighted by Crippen LogP contribution is -2.37. The summed E-state index contributed by atoms with van der Waals surface area (Å²) in [5, 5.41) is 3.45. The second-order valence-electron chi connectivity index (χ2n) is 5.35. The number of rotatable bonds is 3. The zero-order valence-electron chi connectivity index (χ0n) is 11.3. The van der Waals surface area contributed by atoms with E-state index in [1.807, 2.05) is 12.3 Å². The van der Waals surface area contributed by atoms with Gasteiger partial charge in [0.05, 0.1) is 13.2 Å². The third-order valence-electron chi connectivity index (χ3n) is 3.90. The summed E-state index contributed by atoms with van der Waals surface area (Å²) in [4.78, 5) is 11.4. The van der Waals surface area contributed by atoms with Crippen molar-refractivity contribution in [3.8, 4) is 0 Å². The molecule has 0 saturated carbocycles. The standard InChI is InChI=1S/C14H22N4O/c1-2-12(11-15-4-1)10-13-16-5-3-14(17-13)18-6-8-19-9-7-18/h3,5,12,15H,1-2,4,6-11H2/t12-/m0/s1. The Morgan fingerprint density at radius 2 is 2.26 bits per heavy atom. The lowest BCUT2D eigenvalue weighted by atomic mass is 9.96. The molecule has 0 radical (unpaired) electrons. The first-order chi connectivity index (χ1) is 9.42. The molecule has 5 nitrogen and oxygen atoms in total. The lowest BCUT2D eigenvalue weighted by Gasteiger charge is -2.28. The zero-order valence-corrected chi connectivity index (χ0v) is 11.3. The van der Waals surface area contributed by atoms with Gasteiger partial charge in [-0.15, -0.1) is 0 Å². The van der Waals surface area contributed by atoms with Crippen LogP contribution in [-0.2, 0) is 11.2 Å². The van der Waals surface area contributed by atoms with Gasteiger partial charge in [-0.05, 0) is 37.9 Å². The minimum Gasteiger partial charge on any atom is -0.378 e. The molecule has 3 heterocycles. The predicted octanol–water partition coefficient (Wildman–Crippen LogP) is 0.855. The first-order valence-electron chi connectivity index (χ1n) is 7.27. The van der Waals surface area contributed by atoms with Crippen LogP contribution in [0.25, 0.3) is 0 Å².